The van der Waals surface area contributed by atoms with Gasteiger partial charge in [-0.1, -0.05) is 54.2 Å². The number of phenolic OH excluding ortho intramolecular Hbond substituents is 1. The molecule has 0 fully saturated rings. The third kappa shape index (κ3) is 2.46. The minimum atomic E-state index is -0.222. The first-order chi connectivity index (χ1) is 12.1. The maximum atomic E-state index is 12.9. The van der Waals surface area contributed by atoms with E-state index in [1.54, 1.807) is 31.2 Å². The maximum Gasteiger partial charge on any atom is 0.194 e. The second kappa shape index (κ2) is 5.90. The Hall–Kier alpha value is -2.85. The van der Waals surface area contributed by atoms with Crippen molar-refractivity contribution in [2.75, 3.05) is 0 Å². The lowest BCUT2D eigenvalue weighted by Crippen LogP contribution is -2.22. The summed E-state index contributed by atoms with van der Waals surface area (Å²) in [5.74, 6) is -0.372. The summed E-state index contributed by atoms with van der Waals surface area (Å²) < 4.78 is 0. The van der Waals surface area contributed by atoms with E-state index in [1.807, 2.05) is 30.3 Å². The Morgan fingerprint density at radius 3 is 2.08 bits per heavy atom. The van der Waals surface area contributed by atoms with Crippen LogP contribution in [0.5, 0.6) is 5.75 Å². The summed E-state index contributed by atoms with van der Waals surface area (Å²) in [5, 5.41) is 10.5. The topological polar surface area (TPSA) is 54.4 Å². The minimum absolute atomic E-state index is 0.0191. The molecule has 1 aliphatic rings. The molecule has 1 aliphatic carbocycles. The highest BCUT2D eigenvalue weighted by Crippen LogP contribution is 2.42. The Morgan fingerprint density at radius 1 is 0.800 bits per heavy atom. The predicted molar refractivity (Wildman–Crippen MR) is 96.7 cm³/mol. The van der Waals surface area contributed by atoms with E-state index < -0.39 is 0 Å². The van der Waals surface area contributed by atoms with Gasteiger partial charge >= 0.3 is 0 Å². The summed E-state index contributed by atoms with van der Waals surface area (Å²) in [5.41, 5.74) is 2.11. The van der Waals surface area contributed by atoms with Gasteiger partial charge in [0.15, 0.2) is 11.6 Å². The van der Waals surface area contributed by atoms with Crippen LogP contribution in [0.2, 0.25) is 0 Å². The Labute approximate surface area is 149 Å². The molecule has 0 radical (unpaired) electrons. The average molecular weight is 346 g/mol. The van der Waals surface area contributed by atoms with Crippen LogP contribution >= 0.6 is 11.8 Å². The normalized spacial score (nSPS) is 12.7. The van der Waals surface area contributed by atoms with Crippen molar-refractivity contribution in [1.29, 1.82) is 0 Å². The van der Waals surface area contributed by atoms with Crippen molar-refractivity contribution in [3.63, 3.8) is 0 Å². The summed E-state index contributed by atoms with van der Waals surface area (Å²) in [6.07, 6.45) is 0. The van der Waals surface area contributed by atoms with Gasteiger partial charge < -0.3 is 5.11 Å². The molecule has 0 amide bonds. The number of aromatic hydroxyl groups is 1. The number of hydrogen-bond donors (Lipinski definition) is 1. The van der Waals surface area contributed by atoms with Crippen molar-refractivity contribution in [1.82, 2.24) is 0 Å². The number of carbonyl (C=O) groups excluding carboxylic acids is 2. The van der Waals surface area contributed by atoms with E-state index in [4.69, 9.17) is 0 Å². The summed E-state index contributed by atoms with van der Waals surface area (Å²) in [7, 11) is 0. The smallest absolute Gasteiger partial charge is 0.194 e. The van der Waals surface area contributed by atoms with E-state index in [2.05, 4.69) is 0 Å². The van der Waals surface area contributed by atoms with Crippen molar-refractivity contribution in [3.05, 3.63) is 88.5 Å². The van der Waals surface area contributed by atoms with Crippen molar-refractivity contribution in [2.45, 2.75) is 16.7 Å². The first kappa shape index (κ1) is 15.7. The van der Waals surface area contributed by atoms with Gasteiger partial charge in [-0.25, -0.2) is 0 Å². The fraction of sp³-hybridized carbons (Fsp3) is 0.0476. The molecule has 0 spiro atoms. The number of phenols is 1. The molecule has 0 saturated carbocycles. The molecule has 3 nitrogen and oxygen atoms in total. The largest absolute Gasteiger partial charge is 0.507 e. The van der Waals surface area contributed by atoms with Crippen LogP contribution in [0.3, 0.4) is 0 Å². The van der Waals surface area contributed by atoms with Crippen LogP contribution in [0.1, 0.15) is 37.4 Å². The predicted octanol–water partition coefficient (Wildman–Crippen LogP) is 4.63. The molecule has 0 aromatic heterocycles. The molecule has 3 aromatic rings. The Bertz CT molecular complexity index is 1020. The quantitative estimate of drug-likeness (QED) is 0.575. The summed E-state index contributed by atoms with van der Waals surface area (Å²) in [4.78, 5) is 27.3. The number of fused-ring (bicyclic) bond motifs is 2. The first-order valence-corrected chi connectivity index (χ1v) is 8.67. The molecule has 0 saturated heterocycles. The van der Waals surface area contributed by atoms with Crippen molar-refractivity contribution < 1.29 is 14.7 Å². The third-order valence-electron chi connectivity index (χ3n) is 4.35. The van der Waals surface area contributed by atoms with Crippen LogP contribution in [0.15, 0.2) is 70.5 Å². The number of benzene rings is 3. The molecule has 3 aromatic carbocycles. The Morgan fingerprint density at radius 2 is 1.40 bits per heavy atom. The second-order valence-electron chi connectivity index (χ2n) is 5.89. The monoisotopic (exact) mass is 346 g/mol. The molecule has 122 valence electrons. The third-order valence-corrected chi connectivity index (χ3v) is 5.58. The van der Waals surface area contributed by atoms with Gasteiger partial charge in [0.1, 0.15) is 5.75 Å². The van der Waals surface area contributed by atoms with E-state index in [-0.39, 0.29) is 22.9 Å². The van der Waals surface area contributed by atoms with Crippen LogP contribution in [0.4, 0.5) is 0 Å². The summed E-state index contributed by atoms with van der Waals surface area (Å²) >= 11 is 1.38. The molecule has 25 heavy (non-hydrogen) atoms. The van der Waals surface area contributed by atoms with Crippen LogP contribution in [-0.2, 0) is 0 Å². The fourth-order valence-corrected chi connectivity index (χ4v) is 4.10. The molecular weight excluding hydrogens is 332 g/mol. The van der Waals surface area contributed by atoms with E-state index in [1.165, 1.54) is 17.8 Å². The minimum Gasteiger partial charge on any atom is -0.507 e. The molecule has 0 aliphatic heterocycles. The van der Waals surface area contributed by atoms with Crippen LogP contribution in [0, 0.1) is 6.92 Å². The highest BCUT2D eigenvalue weighted by atomic mass is 32.2. The van der Waals surface area contributed by atoms with Crippen LogP contribution < -0.4 is 0 Å². The van der Waals surface area contributed by atoms with Crippen LogP contribution in [0.25, 0.3) is 0 Å². The lowest BCUT2D eigenvalue weighted by Gasteiger charge is -2.21. The summed E-state index contributed by atoms with van der Waals surface area (Å²) in [6, 6.07) is 17.9. The molecule has 0 bridgehead atoms. The first-order valence-electron chi connectivity index (χ1n) is 7.86. The lowest BCUT2D eigenvalue weighted by molar-refractivity contribution is 0.0978. The number of rotatable bonds is 2. The van der Waals surface area contributed by atoms with Crippen molar-refractivity contribution in [2.24, 2.45) is 0 Å². The van der Waals surface area contributed by atoms with Gasteiger partial charge in [0.25, 0.3) is 0 Å². The van der Waals surface area contributed by atoms with E-state index in [0.29, 0.717) is 27.1 Å². The molecule has 1 N–H and O–H groups in total. The average Bonchev–Trinajstić information content (AvgIpc) is 2.63. The van der Waals surface area contributed by atoms with Gasteiger partial charge in [-0.2, -0.15) is 0 Å². The van der Waals surface area contributed by atoms with E-state index in [9.17, 15) is 14.7 Å². The second-order valence-corrected chi connectivity index (χ2v) is 6.98. The molecule has 0 heterocycles. The highest BCUT2D eigenvalue weighted by molar-refractivity contribution is 7.99. The number of hydrogen-bond acceptors (Lipinski definition) is 4. The van der Waals surface area contributed by atoms with Gasteiger partial charge in [-0.15, -0.1) is 0 Å². The van der Waals surface area contributed by atoms with Crippen LogP contribution in [-0.4, -0.2) is 16.7 Å². The zero-order valence-corrected chi connectivity index (χ0v) is 14.3. The van der Waals surface area contributed by atoms with Gasteiger partial charge in [-0.3, -0.25) is 9.59 Å². The summed E-state index contributed by atoms with van der Waals surface area (Å²) in [6.45, 7) is 1.78. The molecule has 0 unspecified atom stereocenters. The van der Waals surface area contributed by atoms with Gasteiger partial charge in [0, 0.05) is 27.1 Å². The standard InChI is InChI=1S/C21H14O3S/c1-12-18-16(19(23)14-9-5-6-10-15(14)20(18)24)11-17(22)21(12)25-13-7-3-2-4-8-13/h2-11,22H,1H3. The SMILES string of the molecule is Cc1c(Sc2ccccc2)c(O)cc2c1C(=O)c1ccccc1C2=O. The molecule has 4 rings (SSSR count). The van der Waals surface area contributed by atoms with Gasteiger partial charge in [0.05, 0.1) is 4.90 Å². The van der Waals surface area contributed by atoms with Crippen molar-refractivity contribution >= 4 is 23.3 Å². The van der Waals surface area contributed by atoms with Gasteiger partial charge in [-0.05, 0) is 30.7 Å². The molecular formula is C21H14O3S. The Kier molecular flexibility index (Phi) is 3.70. The lowest BCUT2D eigenvalue weighted by atomic mass is 9.82. The number of ketones is 2. The highest BCUT2D eigenvalue weighted by Gasteiger charge is 2.32. The molecule has 0 atom stereocenters. The zero-order chi connectivity index (χ0) is 17.6. The fourth-order valence-electron chi connectivity index (χ4n) is 3.15. The Balaban J connectivity index is 1.90. The van der Waals surface area contributed by atoms with E-state index >= 15 is 0 Å². The maximum absolute atomic E-state index is 12.9. The van der Waals surface area contributed by atoms with Crippen molar-refractivity contribution in [3.8, 4) is 5.75 Å². The molecule has 4 heteroatoms. The number of carbonyl (C=O) groups is 2. The van der Waals surface area contributed by atoms with E-state index in [0.717, 1.165) is 4.90 Å². The van der Waals surface area contributed by atoms with Gasteiger partial charge in [0.2, 0.25) is 0 Å². The zero-order valence-electron chi connectivity index (χ0n) is 13.4.